The first-order valence-corrected chi connectivity index (χ1v) is 20.7. The summed E-state index contributed by atoms with van der Waals surface area (Å²) in [4.78, 5) is 8.18. The Morgan fingerprint density at radius 1 is 1.00 bits per heavy atom. The number of ether oxygens (including phenoxy) is 1. The predicted molar refractivity (Wildman–Crippen MR) is 198 cm³/mol. The van der Waals surface area contributed by atoms with Crippen molar-refractivity contribution in [3.8, 4) is 0 Å². The molecular weight excluding hydrogens is 848 g/mol. The van der Waals surface area contributed by atoms with Gasteiger partial charge in [0.2, 0.25) is 0 Å². The van der Waals surface area contributed by atoms with Crippen LogP contribution < -0.4 is 4.31 Å². The van der Waals surface area contributed by atoms with Gasteiger partial charge in [0.05, 0.1) is 21.2 Å². The van der Waals surface area contributed by atoms with Gasteiger partial charge in [-0.05, 0) is 111 Å². The minimum atomic E-state index is -4.68. The van der Waals surface area contributed by atoms with Crippen LogP contribution >= 0.6 is 50.1 Å². The summed E-state index contributed by atoms with van der Waals surface area (Å²) in [5.41, 5.74) is 3.45. The summed E-state index contributed by atoms with van der Waals surface area (Å²) in [5.74, 6) is 0. The lowest BCUT2D eigenvalue weighted by atomic mass is 10.1. The zero-order valence-electron chi connectivity index (χ0n) is 27.7. The van der Waals surface area contributed by atoms with Gasteiger partial charge in [-0.2, -0.15) is 13.2 Å². The van der Waals surface area contributed by atoms with Gasteiger partial charge in [-0.3, -0.25) is 0 Å². The number of hydrogen-bond donors (Lipinski definition) is 0. The number of aryl methyl sites for hydroxylation is 2. The van der Waals surface area contributed by atoms with Crippen LogP contribution in [-0.4, -0.2) is 44.7 Å². The van der Waals surface area contributed by atoms with Gasteiger partial charge in [-0.25, -0.2) is 22.7 Å². The largest absolute Gasteiger partial charge is 0.416 e. The van der Waals surface area contributed by atoms with E-state index in [4.69, 9.17) is 21.3 Å². The summed E-state index contributed by atoms with van der Waals surface area (Å²) >= 11 is 11.4. The van der Waals surface area contributed by atoms with Crippen molar-refractivity contribution in [3.63, 3.8) is 0 Å². The predicted octanol–water partition coefficient (Wildman–Crippen LogP) is 10.6. The second kappa shape index (κ2) is 15.4. The van der Waals surface area contributed by atoms with E-state index in [-0.39, 0.29) is 20.9 Å². The van der Waals surface area contributed by atoms with Gasteiger partial charge in [0.25, 0.3) is 10.0 Å². The normalized spacial score (nSPS) is 12.6. The fraction of sp³-hybridized carbons (Fsp3) is 0.438. The van der Waals surface area contributed by atoms with E-state index in [0.717, 1.165) is 16.4 Å². The second-order valence-electron chi connectivity index (χ2n) is 12.2. The number of methoxy groups -OCH3 is 1. The molecule has 0 N–H and O–H groups in total. The van der Waals surface area contributed by atoms with Crippen LogP contribution in [-0.2, 0) is 20.9 Å². The van der Waals surface area contributed by atoms with Crippen molar-refractivity contribution >= 4 is 85.1 Å². The maximum atomic E-state index is 13.1. The lowest BCUT2D eigenvalue weighted by Crippen LogP contribution is -2.51. The fourth-order valence-electron chi connectivity index (χ4n) is 6.47. The zero-order chi connectivity index (χ0) is 35.6. The van der Waals surface area contributed by atoms with Crippen molar-refractivity contribution in [2.24, 2.45) is 0 Å². The van der Waals surface area contributed by atoms with Crippen molar-refractivity contribution < 1.29 is 26.3 Å². The topological polar surface area (TPSA) is 77.3 Å². The highest BCUT2D eigenvalue weighted by Gasteiger charge is 2.46. The van der Waals surface area contributed by atoms with E-state index in [1.54, 1.807) is 0 Å². The summed E-state index contributed by atoms with van der Waals surface area (Å²) in [7, 11) is -4.83. The molecule has 0 unspecified atom stereocenters. The molecule has 0 aliphatic rings. The van der Waals surface area contributed by atoms with Crippen LogP contribution in [0.25, 0.3) is 11.0 Å². The van der Waals surface area contributed by atoms with Crippen LogP contribution in [0.5, 0.6) is 0 Å². The summed E-state index contributed by atoms with van der Waals surface area (Å²) in [6.07, 6.45) is 0.951. The Morgan fingerprint density at radius 2 is 1.60 bits per heavy atom. The van der Waals surface area contributed by atoms with Gasteiger partial charge in [-0.1, -0.05) is 59.2 Å². The Kier molecular flexibility index (Phi) is 13.0. The Labute approximate surface area is 303 Å². The quantitative estimate of drug-likeness (QED) is 0.0724. The van der Waals surface area contributed by atoms with E-state index in [1.165, 1.54) is 46.5 Å². The number of nitrogens with zero attached hydrogens (tertiary/aromatic N) is 4. The van der Waals surface area contributed by atoms with E-state index in [1.807, 2.05) is 6.20 Å². The molecule has 0 bridgehead atoms. The number of sulfonamides is 1. The number of benzene rings is 1. The molecule has 258 valence electrons. The number of aromatic nitrogens is 3. The van der Waals surface area contributed by atoms with Crippen molar-refractivity contribution in [2.75, 3.05) is 18.1 Å². The van der Waals surface area contributed by atoms with E-state index in [2.05, 4.69) is 108 Å². The molecule has 4 rings (SSSR count). The van der Waals surface area contributed by atoms with Crippen molar-refractivity contribution in [1.29, 1.82) is 0 Å². The molecule has 3 aromatic heterocycles. The van der Waals surface area contributed by atoms with Gasteiger partial charge in [-0.15, -0.1) is 0 Å². The first-order valence-electron chi connectivity index (χ1n) is 14.9. The molecule has 0 atom stereocenters. The molecule has 0 saturated carbocycles. The van der Waals surface area contributed by atoms with Crippen molar-refractivity contribution in [3.05, 3.63) is 78.8 Å². The third kappa shape index (κ3) is 8.03. The molecule has 1 aromatic carbocycles. The Balaban J connectivity index is 0.000000261. The second-order valence-corrected chi connectivity index (χ2v) is 22.1. The van der Waals surface area contributed by atoms with Gasteiger partial charge < -0.3 is 8.97 Å². The number of fused-ring (bicyclic) bond motifs is 1. The third-order valence-corrected chi connectivity index (χ3v) is 19.1. The minimum absolute atomic E-state index is 0.0356. The molecule has 0 aliphatic heterocycles. The lowest BCUT2D eigenvalue weighted by molar-refractivity contribution is -0.138. The highest BCUT2D eigenvalue weighted by molar-refractivity contribution is 14.1. The molecule has 0 spiro atoms. The maximum absolute atomic E-state index is 13.1. The highest BCUT2D eigenvalue weighted by atomic mass is 127. The first-order chi connectivity index (χ1) is 21.7. The summed E-state index contributed by atoms with van der Waals surface area (Å²) in [6, 6.07) is 6.39. The number of alkyl halides is 3. The van der Waals surface area contributed by atoms with Crippen molar-refractivity contribution in [2.45, 2.75) is 83.1 Å². The lowest BCUT2D eigenvalue weighted by Gasteiger charge is -2.44. The Bertz CT molecular complexity index is 1820. The fourth-order valence-corrected chi connectivity index (χ4v) is 15.7. The Morgan fingerprint density at radius 3 is 2.13 bits per heavy atom. The van der Waals surface area contributed by atoms with E-state index >= 15 is 0 Å². The average molecular weight is 888 g/mol. The van der Waals surface area contributed by atoms with E-state index in [9.17, 15) is 21.6 Å². The van der Waals surface area contributed by atoms with Gasteiger partial charge in [0.15, 0.2) is 8.24 Å². The Hall–Kier alpha value is -1.72. The maximum Gasteiger partial charge on any atom is 0.416 e. The minimum Gasteiger partial charge on any atom is -0.363 e. The summed E-state index contributed by atoms with van der Waals surface area (Å²) in [6.45, 7) is 17.3. The number of pyridine rings is 2. The summed E-state index contributed by atoms with van der Waals surface area (Å²) in [5, 5.41) is 1.47. The molecule has 0 aliphatic carbocycles. The molecule has 7 nitrogen and oxygen atoms in total. The summed E-state index contributed by atoms with van der Waals surface area (Å²) < 4.78 is 75.1. The van der Waals surface area contributed by atoms with Crippen LogP contribution in [0.1, 0.15) is 58.2 Å². The molecule has 15 heteroatoms. The van der Waals surface area contributed by atoms with Gasteiger partial charge >= 0.3 is 6.18 Å². The van der Waals surface area contributed by atoms with Crippen LogP contribution in [0.15, 0.2) is 58.4 Å². The highest BCUT2D eigenvalue weighted by Crippen LogP contribution is 2.44. The zero-order valence-corrected chi connectivity index (χ0v) is 34.1. The number of rotatable bonds is 9. The standard InChI is InChI=1S/C17H27IN2Si.C15H13BrClF3N2O3S/c1-11(2)21(12(3)4,13(5)6)20-9-8-15-16(18)14(7)10-19-17(15)20;1-9-3-4-11(6-12(9)15(18,19)20)26(23,24)22(8-25-2)13-5-10(17)7-21-14(13)16/h8-13H,1-7H3;3-7H,8H2,1-2H3. The van der Waals surface area contributed by atoms with Crippen LogP contribution in [0.2, 0.25) is 21.6 Å². The van der Waals surface area contributed by atoms with Gasteiger partial charge in [0, 0.05) is 28.5 Å². The van der Waals surface area contributed by atoms with E-state index in [0.29, 0.717) is 22.7 Å². The van der Waals surface area contributed by atoms with Crippen LogP contribution in [0.4, 0.5) is 18.9 Å². The molecule has 0 fully saturated rings. The monoisotopic (exact) mass is 886 g/mol. The van der Waals surface area contributed by atoms with Crippen LogP contribution in [0.3, 0.4) is 0 Å². The molecule has 4 aromatic rings. The first kappa shape index (κ1) is 39.7. The molecule has 3 heterocycles. The van der Waals surface area contributed by atoms with Gasteiger partial charge in [0.1, 0.15) is 17.0 Å². The van der Waals surface area contributed by atoms with Crippen molar-refractivity contribution in [1.82, 2.24) is 14.2 Å². The number of hydrogen-bond acceptors (Lipinski definition) is 5. The molecule has 0 amide bonds. The molecular formula is C32H40BrClF3IN4O3SSi. The number of halogens is 6. The number of anilines is 1. The molecule has 47 heavy (non-hydrogen) atoms. The van der Waals surface area contributed by atoms with Crippen LogP contribution in [0, 0.1) is 17.4 Å². The third-order valence-electron chi connectivity index (χ3n) is 8.42. The average Bonchev–Trinajstić information content (AvgIpc) is 3.39. The van der Waals surface area contributed by atoms with E-state index < -0.39 is 41.6 Å². The molecule has 0 radical (unpaired) electrons. The molecule has 0 saturated heterocycles. The smallest absolute Gasteiger partial charge is 0.363 e. The SMILES string of the molecule is COCN(c1cc(Cl)cnc1Br)S(=O)(=O)c1ccc(C)c(C(F)(F)F)c1.Cc1cnc2c(ccn2[Si](C(C)C)(C(C)C)C(C)C)c1I.